The number of carbonyl (C=O) groups is 2. The van der Waals surface area contributed by atoms with E-state index in [0.717, 1.165) is 11.1 Å². The molecule has 1 aliphatic heterocycles. The number of benzene rings is 1. The van der Waals surface area contributed by atoms with Gasteiger partial charge in [0, 0.05) is 5.56 Å². The minimum Gasteiger partial charge on any atom is -0.348 e. The number of sulfone groups is 1. The van der Waals surface area contributed by atoms with Crippen molar-refractivity contribution in [1.82, 2.24) is 10.6 Å². The van der Waals surface area contributed by atoms with Gasteiger partial charge in [-0.1, -0.05) is 17.2 Å². The lowest BCUT2D eigenvalue weighted by Crippen LogP contribution is -2.50. The van der Waals surface area contributed by atoms with Crippen molar-refractivity contribution in [1.29, 1.82) is 0 Å². The maximum absolute atomic E-state index is 12.1. The fraction of sp³-hybridized carbons (Fsp3) is 0.500. The lowest BCUT2D eigenvalue weighted by Gasteiger charge is -2.23. The quantitative estimate of drug-likeness (QED) is 0.846. The SMILES string of the molecule is Cc1cc(C)cc(C(=O)NCC(=O)N[C@@]2(C)CCS(=O)(=O)C2)c1. The molecule has 2 amide bonds. The van der Waals surface area contributed by atoms with Crippen LogP contribution in [0.15, 0.2) is 18.2 Å². The van der Waals surface area contributed by atoms with Crippen molar-refractivity contribution in [3.63, 3.8) is 0 Å². The Balaban J connectivity index is 1.90. The van der Waals surface area contributed by atoms with Crippen molar-refractivity contribution in [2.45, 2.75) is 32.7 Å². The highest BCUT2D eigenvalue weighted by molar-refractivity contribution is 7.91. The molecule has 1 heterocycles. The van der Waals surface area contributed by atoms with Crippen LogP contribution in [-0.2, 0) is 14.6 Å². The first kappa shape index (κ1) is 17.5. The molecule has 0 spiro atoms. The predicted molar refractivity (Wildman–Crippen MR) is 88.1 cm³/mol. The Hall–Kier alpha value is -1.89. The van der Waals surface area contributed by atoms with E-state index < -0.39 is 15.4 Å². The molecule has 1 fully saturated rings. The Morgan fingerprint density at radius 3 is 2.30 bits per heavy atom. The molecule has 1 saturated heterocycles. The average molecular weight is 338 g/mol. The molecule has 1 aromatic carbocycles. The van der Waals surface area contributed by atoms with Gasteiger partial charge in [0.1, 0.15) is 0 Å². The third-order valence-corrected chi connectivity index (χ3v) is 5.74. The van der Waals surface area contributed by atoms with Crippen LogP contribution in [0.5, 0.6) is 0 Å². The number of hydrogen-bond acceptors (Lipinski definition) is 4. The number of carbonyl (C=O) groups excluding carboxylic acids is 2. The second-order valence-electron chi connectivity index (χ2n) is 6.51. The molecule has 0 radical (unpaired) electrons. The maximum Gasteiger partial charge on any atom is 0.251 e. The first-order valence-corrected chi connectivity index (χ1v) is 9.29. The molecule has 1 aliphatic rings. The van der Waals surface area contributed by atoms with Gasteiger partial charge in [-0.2, -0.15) is 0 Å². The van der Waals surface area contributed by atoms with E-state index in [9.17, 15) is 18.0 Å². The predicted octanol–water partition coefficient (Wildman–Crippen LogP) is 0.727. The molecule has 0 bridgehead atoms. The fourth-order valence-corrected chi connectivity index (χ4v) is 4.95. The van der Waals surface area contributed by atoms with Gasteiger partial charge in [0.25, 0.3) is 5.91 Å². The summed E-state index contributed by atoms with van der Waals surface area (Å²) >= 11 is 0. The molecule has 0 unspecified atom stereocenters. The molecule has 0 aliphatic carbocycles. The third-order valence-electron chi connectivity index (χ3n) is 3.84. The summed E-state index contributed by atoms with van der Waals surface area (Å²) in [5.74, 6) is -0.686. The fourth-order valence-electron chi connectivity index (χ4n) is 2.86. The molecule has 0 aromatic heterocycles. The molecule has 6 nitrogen and oxygen atoms in total. The lowest BCUT2D eigenvalue weighted by atomic mass is 10.0. The Labute approximate surface area is 136 Å². The van der Waals surface area contributed by atoms with Crippen LogP contribution in [0.25, 0.3) is 0 Å². The van der Waals surface area contributed by atoms with Gasteiger partial charge < -0.3 is 10.6 Å². The van der Waals surface area contributed by atoms with Crippen LogP contribution < -0.4 is 10.6 Å². The lowest BCUT2D eigenvalue weighted by molar-refractivity contribution is -0.121. The van der Waals surface area contributed by atoms with E-state index in [0.29, 0.717) is 12.0 Å². The zero-order valence-electron chi connectivity index (χ0n) is 13.6. The summed E-state index contributed by atoms with van der Waals surface area (Å²) in [6.07, 6.45) is 0.395. The minimum atomic E-state index is -3.09. The van der Waals surface area contributed by atoms with Gasteiger partial charge in [0.15, 0.2) is 9.84 Å². The first-order chi connectivity index (χ1) is 10.6. The molecular formula is C16H22N2O4S. The summed E-state index contributed by atoms with van der Waals surface area (Å²) in [6, 6.07) is 5.47. The largest absolute Gasteiger partial charge is 0.348 e. The minimum absolute atomic E-state index is 0.0588. The third kappa shape index (κ3) is 4.79. The van der Waals surface area contributed by atoms with Gasteiger partial charge in [-0.15, -0.1) is 0 Å². The van der Waals surface area contributed by atoms with Crippen molar-refractivity contribution < 1.29 is 18.0 Å². The van der Waals surface area contributed by atoms with Crippen molar-refractivity contribution in [3.8, 4) is 0 Å². The molecule has 0 saturated carbocycles. The molecular weight excluding hydrogens is 316 g/mol. The number of aryl methyl sites for hydroxylation is 2. The van der Waals surface area contributed by atoms with E-state index in [1.807, 2.05) is 19.9 Å². The second-order valence-corrected chi connectivity index (χ2v) is 8.69. The van der Waals surface area contributed by atoms with Crippen molar-refractivity contribution in [2.24, 2.45) is 0 Å². The molecule has 7 heteroatoms. The van der Waals surface area contributed by atoms with Gasteiger partial charge in [0.05, 0.1) is 23.6 Å². The summed E-state index contributed by atoms with van der Waals surface area (Å²) in [4.78, 5) is 24.1. The van der Waals surface area contributed by atoms with Crippen LogP contribution in [0.1, 0.15) is 34.8 Å². The summed E-state index contributed by atoms with van der Waals surface area (Å²) in [5, 5.41) is 5.27. The zero-order valence-corrected chi connectivity index (χ0v) is 14.4. The van der Waals surface area contributed by atoms with Gasteiger partial charge >= 0.3 is 0 Å². The second kappa shape index (κ2) is 6.31. The molecule has 2 N–H and O–H groups in total. The van der Waals surface area contributed by atoms with Crippen molar-refractivity contribution in [2.75, 3.05) is 18.1 Å². The smallest absolute Gasteiger partial charge is 0.251 e. The van der Waals surface area contributed by atoms with Crippen LogP contribution in [0.3, 0.4) is 0 Å². The van der Waals surface area contributed by atoms with Crippen molar-refractivity contribution in [3.05, 3.63) is 34.9 Å². The average Bonchev–Trinajstić information content (AvgIpc) is 2.68. The number of hydrogen-bond donors (Lipinski definition) is 2. The van der Waals surface area contributed by atoms with Gasteiger partial charge in [-0.25, -0.2) is 8.42 Å². The first-order valence-electron chi connectivity index (χ1n) is 7.47. The van der Waals surface area contributed by atoms with Crippen LogP contribution in [0, 0.1) is 13.8 Å². The Bertz CT molecular complexity index is 722. The van der Waals surface area contributed by atoms with E-state index in [2.05, 4.69) is 10.6 Å². The van der Waals surface area contributed by atoms with Crippen LogP contribution in [0.4, 0.5) is 0 Å². The number of amides is 2. The Morgan fingerprint density at radius 2 is 1.78 bits per heavy atom. The Morgan fingerprint density at radius 1 is 1.17 bits per heavy atom. The normalized spacial score (nSPS) is 22.6. The van der Waals surface area contributed by atoms with Crippen LogP contribution in [0.2, 0.25) is 0 Å². The van der Waals surface area contributed by atoms with E-state index in [1.54, 1.807) is 19.1 Å². The highest BCUT2D eigenvalue weighted by Gasteiger charge is 2.39. The standard InChI is InChI=1S/C16H22N2O4S/c1-11-6-12(2)8-13(7-11)15(20)17-9-14(19)18-16(3)4-5-23(21,22)10-16/h6-8H,4-5,9-10H2,1-3H3,(H,17,20)(H,18,19)/t16-/m0/s1. The zero-order chi connectivity index (χ0) is 17.3. The van der Waals surface area contributed by atoms with Gasteiger partial charge in [-0.3, -0.25) is 9.59 Å². The monoisotopic (exact) mass is 338 g/mol. The number of nitrogens with one attached hydrogen (secondary N) is 2. The van der Waals surface area contributed by atoms with E-state index >= 15 is 0 Å². The molecule has 1 atom stereocenters. The molecule has 23 heavy (non-hydrogen) atoms. The highest BCUT2D eigenvalue weighted by atomic mass is 32.2. The maximum atomic E-state index is 12.1. The topological polar surface area (TPSA) is 92.3 Å². The molecule has 2 rings (SSSR count). The van der Waals surface area contributed by atoms with Gasteiger partial charge in [-0.05, 0) is 39.3 Å². The molecule has 126 valence electrons. The van der Waals surface area contributed by atoms with Crippen LogP contribution in [-0.4, -0.2) is 43.8 Å². The molecule has 1 aromatic rings. The summed E-state index contributed by atoms with van der Waals surface area (Å²) in [7, 11) is -3.09. The van der Waals surface area contributed by atoms with E-state index in [4.69, 9.17) is 0 Å². The van der Waals surface area contributed by atoms with Crippen LogP contribution >= 0.6 is 0 Å². The summed E-state index contributed by atoms with van der Waals surface area (Å²) in [6.45, 7) is 5.33. The number of rotatable bonds is 4. The van der Waals surface area contributed by atoms with E-state index in [1.165, 1.54) is 0 Å². The van der Waals surface area contributed by atoms with Crippen molar-refractivity contribution >= 4 is 21.7 Å². The summed E-state index contributed by atoms with van der Waals surface area (Å²) < 4.78 is 23.0. The van der Waals surface area contributed by atoms with Gasteiger partial charge in [0.2, 0.25) is 5.91 Å². The summed E-state index contributed by atoms with van der Waals surface area (Å²) in [5.41, 5.74) is 1.71. The highest BCUT2D eigenvalue weighted by Crippen LogP contribution is 2.22. The van der Waals surface area contributed by atoms with E-state index in [-0.39, 0.29) is 29.9 Å². The Kier molecular flexibility index (Phi) is 4.79.